The highest BCUT2D eigenvalue weighted by molar-refractivity contribution is 7.10. The molecule has 0 aliphatic heterocycles. The average Bonchev–Trinajstić information content (AvgIpc) is 3.21. The Balaban J connectivity index is 1.49. The Morgan fingerprint density at radius 1 is 0.962 bits per heavy atom. The van der Waals surface area contributed by atoms with Gasteiger partial charge in [0.05, 0.1) is 0 Å². The maximum atomic E-state index is 10.3. The van der Waals surface area contributed by atoms with Gasteiger partial charge in [-0.15, -0.1) is 11.3 Å². The Bertz CT molecular complexity index is 772. The van der Waals surface area contributed by atoms with Crippen LogP contribution in [0.3, 0.4) is 0 Å². The Kier molecular flexibility index (Phi) is 6.45. The van der Waals surface area contributed by atoms with E-state index in [2.05, 4.69) is 41.5 Å². The predicted molar refractivity (Wildman–Crippen MR) is 109 cm³/mol. The molecule has 0 aliphatic carbocycles. The van der Waals surface area contributed by atoms with E-state index < -0.39 is 6.10 Å². The lowest BCUT2D eigenvalue weighted by Crippen LogP contribution is -2.34. The Labute approximate surface area is 159 Å². The summed E-state index contributed by atoms with van der Waals surface area (Å²) >= 11 is 1.74. The summed E-state index contributed by atoms with van der Waals surface area (Å²) in [5.41, 5.74) is 2.34. The van der Waals surface area contributed by atoms with Gasteiger partial charge in [0.25, 0.3) is 0 Å². The summed E-state index contributed by atoms with van der Waals surface area (Å²) in [6.45, 7) is 3.01. The van der Waals surface area contributed by atoms with Gasteiger partial charge in [-0.05, 0) is 48.7 Å². The number of rotatable bonds is 8. The molecule has 26 heavy (non-hydrogen) atoms. The zero-order chi connectivity index (χ0) is 18.4. The number of aliphatic hydroxyl groups excluding tert-OH is 1. The van der Waals surface area contributed by atoms with Crippen molar-refractivity contribution in [3.63, 3.8) is 0 Å². The monoisotopic (exact) mass is 367 g/mol. The second-order valence-corrected chi connectivity index (χ2v) is 7.47. The number of aliphatic hydroxyl groups is 1. The predicted octanol–water partition coefficient (Wildman–Crippen LogP) is 4.85. The molecule has 0 radical (unpaired) electrons. The van der Waals surface area contributed by atoms with Gasteiger partial charge in [0.2, 0.25) is 0 Å². The lowest BCUT2D eigenvalue weighted by molar-refractivity contribution is 0.0658. The first-order chi connectivity index (χ1) is 12.6. The first kappa shape index (κ1) is 18.6. The van der Waals surface area contributed by atoms with Crippen molar-refractivity contribution in [1.29, 1.82) is 0 Å². The SMILES string of the molecule is CC(c1cccs1)N(C)CC(O)COc1ccc(-c2ccccc2)cc1. The maximum absolute atomic E-state index is 10.3. The lowest BCUT2D eigenvalue weighted by Gasteiger charge is -2.26. The average molecular weight is 368 g/mol. The van der Waals surface area contributed by atoms with E-state index in [0.717, 1.165) is 11.3 Å². The van der Waals surface area contributed by atoms with E-state index in [9.17, 15) is 5.11 Å². The lowest BCUT2D eigenvalue weighted by atomic mass is 10.1. The minimum atomic E-state index is -0.531. The van der Waals surface area contributed by atoms with Gasteiger partial charge in [-0.2, -0.15) is 0 Å². The summed E-state index contributed by atoms with van der Waals surface area (Å²) in [5, 5.41) is 12.4. The third kappa shape index (κ3) is 4.94. The molecule has 1 aromatic heterocycles. The van der Waals surface area contributed by atoms with Crippen LogP contribution in [-0.2, 0) is 0 Å². The molecule has 2 atom stereocenters. The number of hydrogen-bond acceptors (Lipinski definition) is 4. The van der Waals surface area contributed by atoms with Crippen molar-refractivity contribution in [2.75, 3.05) is 20.2 Å². The summed E-state index contributed by atoms with van der Waals surface area (Å²) < 4.78 is 5.76. The molecule has 0 saturated heterocycles. The maximum Gasteiger partial charge on any atom is 0.119 e. The summed E-state index contributed by atoms with van der Waals surface area (Å²) in [6.07, 6.45) is -0.531. The van der Waals surface area contributed by atoms with Crippen LogP contribution in [0.4, 0.5) is 0 Å². The van der Waals surface area contributed by atoms with Gasteiger partial charge in [0.1, 0.15) is 18.5 Å². The van der Waals surface area contributed by atoms with Crippen molar-refractivity contribution in [3.05, 3.63) is 77.0 Å². The third-order valence-corrected chi connectivity index (χ3v) is 5.56. The van der Waals surface area contributed by atoms with E-state index in [1.54, 1.807) is 11.3 Å². The normalized spacial score (nSPS) is 13.5. The molecule has 2 unspecified atom stereocenters. The van der Waals surface area contributed by atoms with E-state index in [1.807, 2.05) is 49.5 Å². The van der Waals surface area contributed by atoms with Gasteiger partial charge in [-0.3, -0.25) is 4.90 Å². The number of benzene rings is 2. The number of nitrogens with zero attached hydrogens (tertiary/aromatic N) is 1. The van der Waals surface area contributed by atoms with Gasteiger partial charge in [-0.1, -0.05) is 48.5 Å². The molecule has 0 spiro atoms. The molecule has 2 aromatic carbocycles. The van der Waals surface area contributed by atoms with E-state index >= 15 is 0 Å². The standard InChI is InChI=1S/C22H25NO2S/c1-17(22-9-6-14-26-22)23(2)15-20(24)16-25-21-12-10-19(11-13-21)18-7-4-3-5-8-18/h3-14,17,20,24H,15-16H2,1-2H3. The second kappa shape index (κ2) is 8.99. The van der Waals surface area contributed by atoms with Crippen LogP contribution in [0.15, 0.2) is 72.1 Å². The summed E-state index contributed by atoms with van der Waals surface area (Å²) in [6, 6.07) is 22.7. The second-order valence-electron chi connectivity index (χ2n) is 6.49. The molecule has 1 N–H and O–H groups in total. The van der Waals surface area contributed by atoms with Crippen molar-refractivity contribution < 1.29 is 9.84 Å². The van der Waals surface area contributed by atoms with E-state index in [1.165, 1.54) is 10.4 Å². The van der Waals surface area contributed by atoms with Crippen molar-refractivity contribution in [1.82, 2.24) is 4.90 Å². The minimum Gasteiger partial charge on any atom is -0.491 e. The molecule has 0 saturated carbocycles. The molecule has 0 fully saturated rings. The largest absolute Gasteiger partial charge is 0.491 e. The molecule has 3 aromatic rings. The van der Waals surface area contributed by atoms with E-state index in [-0.39, 0.29) is 12.6 Å². The van der Waals surface area contributed by atoms with Crippen LogP contribution >= 0.6 is 11.3 Å². The van der Waals surface area contributed by atoms with Crippen LogP contribution in [0.25, 0.3) is 11.1 Å². The van der Waals surface area contributed by atoms with Crippen molar-refractivity contribution >= 4 is 11.3 Å². The van der Waals surface area contributed by atoms with Crippen LogP contribution in [-0.4, -0.2) is 36.3 Å². The highest BCUT2D eigenvalue weighted by Gasteiger charge is 2.16. The van der Waals surface area contributed by atoms with Crippen molar-refractivity contribution in [2.45, 2.75) is 19.1 Å². The molecule has 0 amide bonds. The summed E-state index contributed by atoms with van der Waals surface area (Å²) in [7, 11) is 2.03. The van der Waals surface area contributed by atoms with Crippen LogP contribution in [0.5, 0.6) is 5.75 Å². The molecule has 3 rings (SSSR count). The zero-order valence-corrected chi connectivity index (χ0v) is 16.0. The first-order valence-electron chi connectivity index (χ1n) is 8.83. The van der Waals surface area contributed by atoms with Gasteiger partial charge < -0.3 is 9.84 Å². The fourth-order valence-corrected chi connectivity index (χ4v) is 3.70. The van der Waals surface area contributed by atoms with Gasteiger partial charge in [-0.25, -0.2) is 0 Å². The van der Waals surface area contributed by atoms with Crippen LogP contribution < -0.4 is 4.74 Å². The molecule has 3 nitrogen and oxygen atoms in total. The number of thiophene rings is 1. The van der Waals surface area contributed by atoms with E-state index in [0.29, 0.717) is 6.54 Å². The highest BCUT2D eigenvalue weighted by Crippen LogP contribution is 2.24. The Hall–Kier alpha value is -2.14. The van der Waals surface area contributed by atoms with Crippen LogP contribution in [0, 0.1) is 0 Å². The molecular weight excluding hydrogens is 342 g/mol. The van der Waals surface area contributed by atoms with Gasteiger partial charge in [0, 0.05) is 17.5 Å². The fourth-order valence-electron chi connectivity index (χ4n) is 2.86. The number of likely N-dealkylation sites (N-methyl/N-ethyl adjacent to an activating group) is 1. The van der Waals surface area contributed by atoms with Gasteiger partial charge in [0.15, 0.2) is 0 Å². The summed E-state index contributed by atoms with van der Waals surface area (Å²) in [4.78, 5) is 3.45. The van der Waals surface area contributed by atoms with Crippen molar-refractivity contribution in [2.24, 2.45) is 0 Å². The van der Waals surface area contributed by atoms with Gasteiger partial charge >= 0.3 is 0 Å². The topological polar surface area (TPSA) is 32.7 Å². The Morgan fingerprint density at radius 2 is 1.65 bits per heavy atom. The fraction of sp³-hybridized carbons (Fsp3) is 0.273. The van der Waals surface area contributed by atoms with Crippen LogP contribution in [0.2, 0.25) is 0 Å². The molecule has 4 heteroatoms. The molecule has 0 bridgehead atoms. The smallest absolute Gasteiger partial charge is 0.119 e. The quantitative estimate of drug-likeness (QED) is 0.618. The Morgan fingerprint density at radius 3 is 2.31 bits per heavy atom. The van der Waals surface area contributed by atoms with E-state index in [4.69, 9.17) is 4.74 Å². The highest BCUT2D eigenvalue weighted by atomic mass is 32.1. The molecule has 1 heterocycles. The summed E-state index contributed by atoms with van der Waals surface area (Å²) in [5.74, 6) is 0.776. The third-order valence-electron chi connectivity index (χ3n) is 4.52. The minimum absolute atomic E-state index is 0.284. The number of hydrogen-bond donors (Lipinski definition) is 1. The number of ether oxygens (including phenoxy) is 1. The van der Waals surface area contributed by atoms with Crippen LogP contribution in [0.1, 0.15) is 17.8 Å². The molecular formula is C22H25NO2S. The zero-order valence-electron chi connectivity index (χ0n) is 15.2. The van der Waals surface area contributed by atoms with Crippen molar-refractivity contribution in [3.8, 4) is 16.9 Å². The molecule has 136 valence electrons. The molecule has 0 aliphatic rings. The first-order valence-corrected chi connectivity index (χ1v) is 9.71.